The van der Waals surface area contributed by atoms with Gasteiger partial charge in [-0.1, -0.05) is 24.3 Å². The van der Waals surface area contributed by atoms with Gasteiger partial charge in [0.1, 0.15) is 0 Å². The number of carbonyl (C=O) groups excluding carboxylic acids is 2. The molecule has 0 fully saturated rings. The van der Waals surface area contributed by atoms with Gasteiger partial charge in [0.25, 0.3) is 0 Å². The van der Waals surface area contributed by atoms with Crippen molar-refractivity contribution in [1.29, 1.82) is 0 Å². The second-order valence-electron chi connectivity index (χ2n) is 4.89. The zero-order valence-electron chi connectivity index (χ0n) is 11.1. The van der Waals surface area contributed by atoms with Crippen molar-refractivity contribution in [2.24, 2.45) is 0 Å². The third kappa shape index (κ3) is 3.07. The number of halogens is 1. The monoisotopic (exact) mass is 392 g/mol. The summed E-state index contributed by atoms with van der Waals surface area (Å²) in [6.07, 6.45) is 0.173. The summed E-state index contributed by atoms with van der Waals surface area (Å²) in [6, 6.07) is 15.0. The van der Waals surface area contributed by atoms with Crippen molar-refractivity contribution in [1.82, 2.24) is 0 Å². The smallest absolute Gasteiger partial charge is 0.232 e. The number of hydrogen-bond donors (Lipinski definition) is 2. The molecule has 0 aromatic heterocycles. The van der Waals surface area contributed by atoms with Crippen molar-refractivity contribution < 1.29 is 9.59 Å². The summed E-state index contributed by atoms with van der Waals surface area (Å²) in [7, 11) is 0. The second kappa shape index (κ2) is 5.85. The molecule has 2 amide bonds. The van der Waals surface area contributed by atoms with E-state index >= 15 is 0 Å². The lowest BCUT2D eigenvalue weighted by Gasteiger charge is -2.24. The Hall–Kier alpha value is -1.89. The summed E-state index contributed by atoms with van der Waals surface area (Å²) in [6.45, 7) is 0. The number of anilines is 2. The van der Waals surface area contributed by atoms with Crippen molar-refractivity contribution in [2.75, 3.05) is 10.6 Å². The Morgan fingerprint density at radius 2 is 2.00 bits per heavy atom. The van der Waals surface area contributed by atoms with Gasteiger partial charge < -0.3 is 10.6 Å². The van der Waals surface area contributed by atoms with Crippen LogP contribution in [0.1, 0.15) is 17.9 Å². The van der Waals surface area contributed by atoms with Gasteiger partial charge >= 0.3 is 0 Å². The number of benzene rings is 2. The highest BCUT2D eigenvalue weighted by molar-refractivity contribution is 14.1. The number of rotatable bonds is 2. The molecule has 1 aliphatic heterocycles. The largest absolute Gasteiger partial charge is 0.326 e. The first kappa shape index (κ1) is 14.1. The average Bonchev–Trinajstić information content (AvgIpc) is 2.46. The number of para-hydroxylation sites is 1. The van der Waals surface area contributed by atoms with Gasteiger partial charge in [-0.2, -0.15) is 0 Å². The molecule has 0 saturated carbocycles. The van der Waals surface area contributed by atoms with Crippen LogP contribution in [0.4, 0.5) is 11.4 Å². The molecule has 106 valence electrons. The SMILES string of the molecule is O=C1C[C@H](C(=O)Nc2cccc(I)c2)c2ccccc2N1. The average molecular weight is 392 g/mol. The fourth-order valence-electron chi connectivity index (χ4n) is 2.44. The summed E-state index contributed by atoms with van der Waals surface area (Å²) in [5.74, 6) is -0.733. The molecule has 1 aliphatic rings. The minimum atomic E-state index is -0.451. The van der Waals surface area contributed by atoms with E-state index in [2.05, 4.69) is 33.2 Å². The predicted octanol–water partition coefficient (Wildman–Crippen LogP) is 3.36. The van der Waals surface area contributed by atoms with Crippen LogP contribution in [0.5, 0.6) is 0 Å². The van der Waals surface area contributed by atoms with Crippen molar-refractivity contribution in [3.05, 3.63) is 57.7 Å². The zero-order chi connectivity index (χ0) is 14.8. The molecular formula is C16H13IN2O2. The lowest BCUT2D eigenvalue weighted by atomic mass is 9.90. The van der Waals surface area contributed by atoms with Gasteiger partial charge in [0.2, 0.25) is 11.8 Å². The molecule has 0 aliphatic carbocycles. The van der Waals surface area contributed by atoms with Crippen LogP contribution in [0, 0.1) is 3.57 Å². The van der Waals surface area contributed by atoms with Gasteiger partial charge in [-0.05, 0) is 52.4 Å². The van der Waals surface area contributed by atoms with Gasteiger partial charge in [-0.15, -0.1) is 0 Å². The summed E-state index contributed by atoms with van der Waals surface area (Å²) < 4.78 is 1.05. The number of hydrogen-bond acceptors (Lipinski definition) is 2. The number of amides is 2. The molecule has 21 heavy (non-hydrogen) atoms. The molecule has 0 spiro atoms. The van der Waals surface area contributed by atoms with E-state index in [1.165, 1.54) is 0 Å². The molecular weight excluding hydrogens is 379 g/mol. The van der Waals surface area contributed by atoms with Crippen LogP contribution in [-0.4, -0.2) is 11.8 Å². The summed E-state index contributed by atoms with van der Waals surface area (Å²) in [5.41, 5.74) is 2.33. The van der Waals surface area contributed by atoms with E-state index in [0.29, 0.717) is 0 Å². The van der Waals surface area contributed by atoms with Crippen LogP contribution in [0.25, 0.3) is 0 Å². The minimum Gasteiger partial charge on any atom is -0.326 e. The zero-order valence-corrected chi connectivity index (χ0v) is 13.3. The fraction of sp³-hybridized carbons (Fsp3) is 0.125. The molecule has 3 rings (SSSR count). The maximum absolute atomic E-state index is 12.5. The predicted molar refractivity (Wildman–Crippen MR) is 90.2 cm³/mol. The fourth-order valence-corrected chi connectivity index (χ4v) is 2.98. The summed E-state index contributed by atoms with van der Waals surface area (Å²) in [4.78, 5) is 24.2. The highest BCUT2D eigenvalue weighted by Crippen LogP contribution is 2.32. The normalized spacial score (nSPS) is 16.8. The third-order valence-electron chi connectivity index (χ3n) is 3.41. The van der Waals surface area contributed by atoms with Crippen LogP contribution < -0.4 is 10.6 Å². The van der Waals surface area contributed by atoms with E-state index in [1.807, 2.05) is 48.5 Å². The Balaban J connectivity index is 1.86. The van der Waals surface area contributed by atoms with Crippen molar-refractivity contribution >= 4 is 45.8 Å². The first-order valence-electron chi connectivity index (χ1n) is 6.59. The van der Waals surface area contributed by atoms with Gasteiger partial charge in [0, 0.05) is 21.4 Å². The summed E-state index contributed by atoms with van der Waals surface area (Å²) in [5, 5.41) is 5.69. The van der Waals surface area contributed by atoms with Crippen LogP contribution >= 0.6 is 22.6 Å². The molecule has 1 atom stereocenters. The highest BCUT2D eigenvalue weighted by atomic mass is 127. The number of carbonyl (C=O) groups is 2. The molecule has 2 N–H and O–H groups in total. The standard InChI is InChI=1S/C16H13IN2O2/c17-10-4-3-5-11(8-10)18-16(21)13-9-15(20)19-14-7-2-1-6-12(13)14/h1-8,13H,9H2,(H,18,21)(H,19,20)/t13-/m0/s1. The Labute approximate surface area is 136 Å². The maximum atomic E-state index is 12.5. The Bertz CT molecular complexity index is 715. The topological polar surface area (TPSA) is 58.2 Å². The van der Waals surface area contributed by atoms with Gasteiger partial charge in [0.15, 0.2) is 0 Å². The molecule has 0 bridgehead atoms. The molecule has 2 aromatic rings. The summed E-state index contributed by atoms with van der Waals surface area (Å²) >= 11 is 2.19. The van der Waals surface area contributed by atoms with Crippen molar-refractivity contribution in [3.8, 4) is 0 Å². The van der Waals surface area contributed by atoms with Crippen LogP contribution in [0.2, 0.25) is 0 Å². The number of nitrogens with one attached hydrogen (secondary N) is 2. The van der Waals surface area contributed by atoms with Crippen molar-refractivity contribution in [3.63, 3.8) is 0 Å². The third-order valence-corrected chi connectivity index (χ3v) is 4.08. The van der Waals surface area contributed by atoms with Gasteiger partial charge in [0.05, 0.1) is 5.92 Å². The highest BCUT2D eigenvalue weighted by Gasteiger charge is 2.30. The van der Waals surface area contributed by atoms with E-state index in [4.69, 9.17) is 0 Å². The molecule has 0 saturated heterocycles. The first-order chi connectivity index (χ1) is 10.1. The van der Waals surface area contributed by atoms with E-state index < -0.39 is 5.92 Å². The Kier molecular flexibility index (Phi) is 3.92. The molecule has 0 radical (unpaired) electrons. The lowest BCUT2D eigenvalue weighted by molar-refractivity contribution is -0.123. The quantitative estimate of drug-likeness (QED) is 0.771. The van der Waals surface area contributed by atoms with Crippen molar-refractivity contribution in [2.45, 2.75) is 12.3 Å². The molecule has 4 nitrogen and oxygen atoms in total. The molecule has 1 heterocycles. The first-order valence-corrected chi connectivity index (χ1v) is 7.66. The molecule has 5 heteroatoms. The van der Waals surface area contributed by atoms with E-state index in [-0.39, 0.29) is 18.2 Å². The molecule has 2 aromatic carbocycles. The molecule has 0 unspecified atom stereocenters. The Morgan fingerprint density at radius 1 is 1.19 bits per heavy atom. The van der Waals surface area contributed by atoms with E-state index in [9.17, 15) is 9.59 Å². The Morgan fingerprint density at radius 3 is 2.81 bits per heavy atom. The second-order valence-corrected chi connectivity index (χ2v) is 6.14. The van der Waals surface area contributed by atoms with E-state index in [1.54, 1.807) is 0 Å². The minimum absolute atomic E-state index is 0.128. The number of fused-ring (bicyclic) bond motifs is 1. The lowest BCUT2D eigenvalue weighted by Crippen LogP contribution is -2.30. The van der Waals surface area contributed by atoms with Crippen LogP contribution in [0.3, 0.4) is 0 Å². The maximum Gasteiger partial charge on any atom is 0.232 e. The van der Waals surface area contributed by atoms with Gasteiger partial charge in [-0.25, -0.2) is 0 Å². The van der Waals surface area contributed by atoms with Crippen LogP contribution in [0.15, 0.2) is 48.5 Å². The van der Waals surface area contributed by atoms with Crippen LogP contribution in [-0.2, 0) is 9.59 Å². The van der Waals surface area contributed by atoms with Gasteiger partial charge in [-0.3, -0.25) is 9.59 Å². The van der Waals surface area contributed by atoms with E-state index in [0.717, 1.165) is 20.5 Å².